The molecular weight excluding hydrogens is 759 g/mol. The first-order chi connectivity index (χ1) is 23.2. The van der Waals surface area contributed by atoms with Gasteiger partial charge in [0, 0.05) is 0 Å². The molecule has 48 heavy (non-hydrogen) atoms. The predicted octanol–water partition coefficient (Wildman–Crippen LogP) is 13.8. The van der Waals surface area contributed by atoms with Gasteiger partial charge in [-0.25, -0.2) is 0 Å². The summed E-state index contributed by atoms with van der Waals surface area (Å²) in [5.74, 6) is 0. The van der Waals surface area contributed by atoms with Crippen LogP contribution in [0.4, 0.5) is 0 Å². The van der Waals surface area contributed by atoms with E-state index in [1.165, 1.54) is 107 Å². The molecule has 4 aliphatic carbocycles. The van der Waals surface area contributed by atoms with Gasteiger partial charge in [0.05, 0.1) is 0 Å². The first kappa shape index (κ1) is 32.6. The first-order valence-electron chi connectivity index (χ1n) is 19.0. The molecule has 4 aromatic carbocycles. The molecule has 4 aromatic rings. The van der Waals surface area contributed by atoms with Crippen molar-refractivity contribution in [2.24, 2.45) is 0 Å². The van der Waals surface area contributed by atoms with Crippen LogP contribution in [0.25, 0.3) is 34.4 Å². The van der Waals surface area contributed by atoms with Gasteiger partial charge in [0.25, 0.3) is 0 Å². The molecule has 2 fully saturated rings. The van der Waals surface area contributed by atoms with E-state index >= 15 is 0 Å². The van der Waals surface area contributed by atoms with Crippen LogP contribution in [0.1, 0.15) is 103 Å². The molecule has 0 nitrogen and oxygen atoms in total. The summed E-state index contributed by atoms with van der Waals surface area (Å²) < 4.78 is 7.26. The molecule has 2 saturated carbocycles. The van der Waals surface area contributed by atoms with Crippen molar-refractivity contribution in [3.63, 3.8) is 0 Å². The van der Waals surface area contributed by atoms with Crippen LogP contribution in [0, 0.1) is 27.7 Å². The Morgan fingerprint density at radius 3 is 1.29 bits per heavy atom. The van der Waals surface area contributed by atoms with E-state index in [9.17, 15) is 0 Å². The summed E-state index contributed by atoms with van der Waals surface area (Å²) in [7, 11) is 0. The SMILES string of the molecule is Cc1cccc(-c2cccc3c2C=C[CH]3[Hf]([CH3])([CH3])([CH]2C=Cc3c(-c4cccc(C)c4C)cccc32)=[Si](C2CCCC2)C2CCCC2)c1C. The molecule has 4 aliphatic rings. The van der Waals surface area contributed by atoms with Crippen molar-refractivity contribution in [2.45, 2.75) is 107 Å². The number of hydrogen-bond donors (Lipinski definition) is 0. The van der Waals surface area contributed by atoms with Crippen LogP contribution >= 0.6 is 0 Å². The minimum atomic E-state index is -4.04. The second-order valence-corrected chi connectivity index (χ2v) is 61.7. The maximum absolute atomic E-state index is 4.04. The van der Waals surface area contributed by atoms with Crippen molar-refractivity contribution in [3.05, 3.63) is 129 Å². The zero-order valence-electron chi connectivity index (χ0n) is 30.2. The van der Waals surface area contributed by atoms with Crippen molar-refractivity contribution in [2.75, 3.05) is 0 Å². The number of aryl methyl sites for hydroxylation is 2. The molecule has 2 heteroatoms. The Labute approximate surface area is 291 Å². The fourth-order valence-corrected chi connectivity index (χ4v) is 78.3. The predicted molar refractivity (Wildman–Crippen MR) is 208 cm³/mol. The Morgan fingerprint density at radius 1 is 0.500 bits per heavy atom. The number of fused-ring (bicyclic) bond motifs is 2. The molecule has 8 rings (SSSR count). The zero-order chi connectivity index (χ0) is 33.2. The van der Waals surface area contributed by atoms with E-state index in [2.05, 4.69) is 134 Å². The third-order valence-corrected chi connectivity index (χ3v) is 69.7. The Morgan fingerprint density at radius 2 is 0.875 bits per heavy atom. The van der Waals surface area contributed by atoms with Crippen molar-refractivity contribution < 1.29 is 17.1 Å². The van der Waals surface area contributed by atoms with Gasteiger partial charge in [-0.15, -0.1) is 0 Å². The van der Waals surface area contributed by atoms with E-state index < -0.39 is 22.6 Å². The number of hydrogen-bond acceptors (Lipinski definition) is 0. The van der Waals surface area contributed by atoms with E-state index in [0.29, 0.717) is 7.35 Å². The average Bonchev–Trinajstić information content (AvgIpc) is 3.91. The molecule has 246 valence electrons. The molecule has 0 radical (unpaired) electrons. The fraction of sp³-hybridized carbons (Fsp3) is 0.391. The van der Waals surface area contributed by atoms with Gasteiger partial charge in [-0.1, -0.05) is 0 Å². The van der Waals surface area contributed by atoms with Gasteiger partial charge < -0.3 is 0 Å². The van der Waals surface area contributed by atoms with Gasteiger partial charge in [-0.3, -0.25) is 0 Å². The molecule has 0 N–H and O–H groups in total. The van der Waals surface area contributed by atoms with Crippen LogP contribution < -0.4 is 0 Å². The molecule has 2 unspecified atom stereocenters. The Balaban J connectivity index is 1.39. The van der Waals surface area contributed by atoms with Crippen LogP contribution in [0.2, 0.25) is 20.4 Å². The summed E-state index contributed by atoms with van der Waals surface area (Å²) in [6.45, 7) is 9.18. The summed E-state index contributed by atoms with van der Waals surface area (Å²) in [4.78, 5) is 0. The Hall–Kier alpha value is -2.55. The zero-order valence-corrected chi connectivity index (χ0v) is 34.8. The second-order valence-electron chi connectivity index (χ2n) is 16.8. The van der Waals surface area contributed by atoms with Crippen molar-refractivity contribution in [1.29, 1.82) is 0 Å². The summed E-state index contributed by atoms with van der Waals surface area (Å²) in [6.07, 6.45) is 22.6. The summed E-state index contributed by atoms with van der Waals surface area (Å²) in [6, 6.07) is 28.5. The molecular formula is C46H54HfSi. The van der Waals surface area contributed by atoms with Gasteiger partial charge in [0.15, 0.2) is 0 Å². The molecule has 0 aliphatic heterocycles. The molecule has 0 spiro atoms. The minimum absolute atomic E-state index is 0.599. The summed E-state index contributed by atoms with van der Waals surface area (Å²) >= 11 is -4.04. The number of allylic oxidation sites excluding steroid dienone is 2. The number of benzene rings is 4. The van der Waals surface area contributed by atoms with E-state index in [1.807, 2.05) is 0 Å². The molecule has 0 bridgehead atoms. The van der Waals surface area contributed by atoms with Crippen LogP contribution in [0.5, 0.6) is 0 Å². The van der Waals surface area contributed by atoms with Crippen LogP contribution in [0.15, 0.2) is 84.9 Å². The van der Waals surface area contributed by atoms with Crippen molar-refractivity contribution >= 4 is 17.6 Å². The van der Waals surface area contributed by atoms with Crippen LogP contribution in [0.3, 0.4) is 0 Å². The second kappa shape index (κ2) is 12.3. The summed E-state index contributed by atoms with van der Waals surface area (Å²) in [5.41, 5.74) is 19.1. The average molecular weight is 814 g/mol. The number of rotatable bonds is 6. The quantitative estimate of drug-likeness (QED) is 0.170. The monoisotopic (exact) mass is 814 g/mol. The first-order valence-corrected chi connectivity index (χ1v) is 37.4. The van der Waals surface area contributed by atoms with Gasteiger partial charge >= 0.3 is 293 Å². The van der Waals surface area contributed by atoms with Crippen molar-refractivity contribution in [3.8, 4) is 22.3 Å². The van der Waals surface area contributed by atoms with E-state index in [-0.39, 0.29) is 0 Å². The van der Waals surface area contributed by atoms with Crippen LogP contribution in [-0.4, -0.2) is 5.49 Å². The third kappa shape index (κ3) is 4.97. The molecule has 0 amide bonds. The Kier molecular flexibility index (Phi) is 8.39. The molecule has 0 aromatic heterocycles. The van der Waals surface area contributed by atoms with E-state index in [0.717, 1.165) is 11.1 Å². The topological polar surface area (TPSA) is 0 Å². The Bertz CT molecular complexity index is 1910. The standard InChI is InChI=1S/2C17H15.C10H18Si.2CH3.Hf/c2*1-12-6-3-9-15(13(12)2)17-11-5-8-14-7-4-10-16(14)17;1-2-6-9(5-1)11-10-7-3-4-8-10;;;/h2*3-11H,1-2H3;9-10H,1-8H2;2*1H3;. The van der Waals surface area contributed by atoms with Gasteiger partial charge in [0.2, 0.25) is 0 Å². The maximum atomic E-state index is 3.03. The molecule has 0 saturated heterocycles. The third-order valence-electron chi connectivity index (χ3n) is 14.1. The van der Waals surface area contributed by atoms with Crippen LogP contribution in [-0.2, 0) is 17.1 Å². The van der Waals surface area contributed by atoms with Gasteiger partial charge in [-0.05, 0) is 0 Å². The molecule has 2 atom stereocenters. The molecule has 0 heterocycles. The van der Waals surface area contributed by atoms with Gasteiger partial charge in [-0.2, -0.15) is 0 Å². The van der Waals surface area contributed by atoms with Crippen molar-refractivity contribution in [1.82, 2.24) is 0 Å². The fourth-order valence-electron chi connectivity index (χ4n) is 11.4. The van der Waals surface area contributed by atoms with Gasteiger partial charge in [0.1, 0.15) is 0 Å². The van der Waals surface area contributed by atoms with E-state index in [1.54, 1.807) is 11.1 Å². The summed E-state index contributed by atoms with van der Waals surface area (Å²) in [5, 5.41) is 0. The van der Waals surface area contributed by atoms with E-state index in [4.69, 9.17) is 0 Å². The normalized spacial score (nSPS) is 20.9.